The second kappa shape index (κ2) is 7.93. The molecule has 0 amide bonds. The van der Waals surface area contributed by atoms with E-state index in [1.165, 1.54) is 6.33 Å². The molecule has 3 rings (SSSR count). The van der Waals surface area contributed by atoms with Crippen LogP contribution in [0.5, 0.6) is 17.4 Å². The molecular weight excluding hydrogens is 336 g/mol. The standard InChI is InChI=1S/C18H16N4O4/c1-25-14-7-9-15(10-8-14)26-18-16(22(23)24)17(20-12-21-18)19-11-13-5-3-2-4-6-13/h2-10,12H,11H2,1H3,(H,19,20,21). The first kappa shape index (κ1) is 17.2. The Morgan fingerprint density at radius 1 is 1.04 bits per heavy atom. The van der Waals surface area contributed by atoms with Crippen molar-refractivity contribution < 1.29 is 14.4 Å². The summed E-state index contributed by atoms with van der Waals surface area (Å²) < 4.78 is 10.6. The van der Waals surface area contributed by atoms with Gasteiger partial charge in [0, 0.05) is 6.54 Å². The van der Waals surface area contributed by atoms with Crippen LogP contribution in [-0.2, 0) is 6.54 Å². The maximum atomic E-state index is 11.5. The van der Waals surface area contributed by atoms with E-state index in [1.807, 2.05) is 30.3 Å². The Kier molecular flexibility index (Phi) is 5.23. The Balaban J connectivity index is 1.84. The normalized spacial score (nSPS) is 10.2. The van der Waals surface area contributed by atoms with Gasteiger partial charge in [0.05, 0.1) is 12.0 Å². The Bertz CT molecular complexity index is 885. The second-order valence-electron chi connectivity index (χ2n) is 5.25. The second-order valence-corrected chi connectivity index (χ2v) is 5.25. The highest BCUT2D eigenvalue weighted by atomic mass is 16.6. The molecule has 0 bridgehead atoms. The summed E-state index contributed by atoms with van der Waals surface area (Å²) in [5.41, 5.74) is 0.650. The van der Waals surface area contributed by atoms with E-state index in [2.05, 4.69) is 15.3 Å². The highest BCUT2D eigenvalue weighted by Crippen LogP contribution is 2.34. The van der Waals surface area contributed by atoms with Gasteiger partial charge in [-0.25, -0.2) is 4.98 Å². The van der Waals surface area contributed by atoms with Crippen molar-refractivity contribution in [2.24, 2.45) is 0 Å². The van der Waals surface area contributed by atoms with Crippen LogP contribution in [0.3, 0.4) is 0 Å². The number of nitro groups is 1. The zero-order valence-electron chi connectivity index (χ0n) is 14.0. The fourth-order valence-electron chi connectivity index (χ4n) is 2.27. The van der Waals surface area contributed by atoms with Crippen LogP contribution >= 0.6 is 0 Å². The topological polar surface area (TPSA) is 99.4 Å². The van der Waals surface area contributed by atoms with Crippen LogP contribution < -0.4 is 14.8 Å². The van der Waals surface area contributed by atoms with Gasteiger partial charge in [0.15, 0.2) is 0 Å². The predicted molar refractivity (Wildman–Crippen MR) is 95.5 cm³/mol. The predicted octanol–water partition coefficient (Wildman–Crippen LogP) is 3.80. The third-order valence-corrected chi connectivity index (χ3v) is 3.55. The SMILES string of the molecule is COc1ccc(Oc2ncnc(NCc3ccccc3)c2[N+](=O)[O-])cc1. The molecule has 3 aromatic rings. The number of aromatic nitrogens is 2. The molecule has 0 saturated heterocycles. The van der Waals surface area contributed by atoms with Gasteiger partial charge in [-0.05, 0) is 29.8 Å². The van der Waals surface area contributed by atoms with Crippen molar-refractivity contribution in [3.05, 3.63) is 76.6 Å². The fraction of sp³-hybridized carbons (Fsp3) is 0.111. The van der Waals surface area contributed by atoms with Gasteiger partial charge in [-0.1, -0.05) is 30.3 Å². The first-order chi connectivity index (χ1) is 12.7. The first-order valence-electron chi connectivity index (χ1n) is 7.76. The lowest BCUT2D eigenvalue weighted by atomic mass is 10.2. The minimum atomic E-state index is -0.563. The van der Waals surface area contributed by atoms with Gasteiger partial charge in [-0.3, -0.25) is 10.1 Å². The Morgan fingerprint density at radius 3 is 2.38 bits per heavy atom. The number of nitrogens with zero attached hydrogens (tertiary/aromatic N) is 3. The molecule has 0 spiro atoms. The lowest BCUT2D eigenvalue weighted by Gasteiger charge is -2.09. The summed E-state index contributed by atoms with van der Waals surface area (Å²) in [6.45, 7) is 0.390. The molecule has 8 nitrogen and oxygen atoms in total. The van der Waals surface area contributed by atoms with Gasteiger partial charge in [-0.15, -0.1) is 0 Å². The minimum Gasteiger partial charge on any atom is -0.497 e. The summed E-state index contributed by atoms with van der Waals surface area (Å²) >= 11 is 0. The van der Waals surface area contributed by atoms with Gasteiger partial charge in [0.25, 0.3) is 0 Å². The molecule has 8 heteroatoms. The molecule has 26 heavy (non-hydrogen) atoms. The lowest BCUT2D eigenvalue weighted by molar-refractivity contribution is -0.385. The molecule has 1 aromatic heterocycles. The molecule has 0 unspecified atom stereocenters. The van der Waals surface area contributed by atoms with E-state index in [4.69, 9.17) is 9.47 Å². The molecule has 0 saturated carbocycles. The quantitative estimate of drug-likeness (QED) is 0.510. The highest BCUT2D eigenvalue weighted by molar-refractivity contribution is 5.62. The molecule has 0 radical (unpaired) electrons. The lowest BCUT2D eigenvalue weighted by Crippen LogP contribution is -2.07. The van der Waals surface area contributed by atoms with Crippen LogP contribution in [-0.4, -0.2) is 22.0 Å². The number of benzene rings is 2. The van der Waals surface area contributed by atoms with E-state index in [-0.39, 0.29) is 17.4 Å². The third-order valence-electron chi connectivity index (χ3n) is 3.55. The Hall–Kier alpha value is -3.68. The van der Waals surface area contributed by atoms with Crippen molar-refractivity contribution in [1.82, 2.24) is 9.97 Å². The van der Waals surface area contributed by atoms with E-state index in [1.54, 1.807) is 31.4 Å². The Labute approximate surface area is 149 Å². The van der Waals surface area contributed by atoms with Crippen LogP contribution in [0.4, 0.5) is 11.5 Å². The molecule has 132 valence electrons. The van der Waals surface area contributed by atoms with Crippen LogP contribution in [0.15, 0.2) is 60.9 Å². The Morgan fingerprint density at radius 2 is 1.73 bits per heavy atom. The maximum absolute atomic E-state index is 11.5. The molecule has 1 N–H and O–H groups in total. The van der Waals surface area contributed by atoms with Gasteiger partial charge in [0.2, 0.25) is 5.82 Å². The molecule has 0 aliphatic rings. The summed E-state index contributed by atoms with van der Waals surface area (Å²) in [5, 5.41) is 14.5. The van der Waals surface area contributed by atoms with Gasteiger partial charge >= 0.3 is 11.6 Å². The molecule has 1 heterocycles. The van der Waals surface area contributed by atoms with Gasteiger partial charge in [0.1, 0.15) is 17.8 Å². The smallest absolute Gasteiger partial charge is 0.373 e. The molecule has 2 aromatic carbocycles. The zero-order valence-corrected chi connectivity index (χ0v) is 14.0. The van der Waals surface area contributed by atoms with Crippen LogP contribution in [0.1, 0.15) is 5.56 Å². The maximum Gasteiger partial charge on any atom is 0.373 e. The molecule has 0 aliphatic heterocycles. The van der Waals surface area contributed by atoms with Crippen molar-refractivity contribution in [2.75, 3.05) is 12.4 Å². The van der Waals surface area contributed by atoms with Crippen molar-refractivity contribution >= 4 is 11.5 Å². The van der Waals surface area contributed by atoms with Crippen molar-refractivity contribution in [3.63, 3.8) is 0 Å². The molecule has 0 aliphatic carbocycles. The van der Waals surface area contributed by atoms with E-state index >= 15 is 0 Å². The van der Waals surface area contributed by atoms with Gasteiger partial charge in [-0.2, -0.15) is 4.98 Å². The number of hydrogen-bond acceptors (Lipinski definition) is 7. The van der Waals surface area contributed by atoms with E-state index in [0.29, 0.717) is 18.0 Å². The monoisotopic (exact) mass is 352 g/mol. The van der Waals surface area contributed by atoms with Crippen LogP contribution in [0.2, 0.25) is 0 Å². The van der Waals surface area contributed by atoms with Crippen LogP contribution in [0.25, 0.3) is 0 Å². The van der Waals surface area contributed by atoms with Gasteiger partial charge < -0.3 is 14.8 Å². The average Bonchev–Trinajstić information content (AvgIpc) is 2.67. The number of ether oxygens (including phenoxy) is 2. The van der Waals surface area contributed by atoms with Crippen LogP contribution in [0, 0.1) is 10.1 Å². The summed E-state index contributed by atoms with van der Waals surface area (Å²) in [4.78, 5) is 18.9. The first-order valence-corrected chi connectivity index (χ1v) is 7.76. The summed E-state index contributed by atoms with van der Waals surface area (Å²) in [7, 11) is 1.55. The summed E-state index contributed by atoms with van der Waals surface area (Å²) in [5.74, 6) is 1.02. The van der Waals surface area contributed by atoms with E-state index < -0.39 is 4.92 Å². The molecular formula is C18H16N4O4. The average molecular weight is 352 g/mol. The van der Waals surface area contributed by atoms with Crippen molar-refractivity contribution in [3.8, 4) is 17.4 Å². The fourth-order valence-corrected chi connectivity index (χ4v) is 2.27. The summed E-state index contributed by atoms with van der Waals surface area (Å²) in [6.07, 6.45) is 1.22. The highest BCUT2D eigenvalue weighted by Gasteiger charge is 2.25. The third kappa shape index (κ3) is 4.04. The number of methoxy groups -OCH3 is 1. The van der Waals surface area contributed by atoms with E-state index in [0.717, 1.165) is 5.56 Å². The molecule has 0 atom stereocenters. The number of rotatable bonds is 7. The largest absolute Gasteiger partial charge is 0.497 e. The summed E-state index contributed by atoms with van der Waals surface area (Å²) in [6, 6.07) is 16.2. The number of hydrogen-bond donors (Lipinski definition) is 1. The van der Waals surface area contributed by atoms with Crippen molar-refractivity contribution in [1.29, 1.82) is 0 Å². The zero-order chi connectivity index (χ0) is 18.4. The number of nitrogens with one attached hydrogen (secondary N) is 1. The molecule has 0 fully saturated rings. The van der Waals surface area contributed by atoms with Crippen molar-refractivity contribution in [2.45, 2.75) is 6.54 Å². The number of anilines is 1. The van der Waals surface area contributed by atoms with E-state index in [9.17, 15) is 10.1 Å². The minimum absolute atomic E-state index is 0.0948.